The Labute approximate surface area is 105 Å². The number of aromatic nitrogens is 3. The number of hydrogen-bond donors (Lipinski definition) is 0. The van der Waals surface area contributed by atoms with Gasteiger partial charge in [0.1, 0.15) is 11.4 Å². The first-order valence-electron chi connectivity index (χ1n) is 4.63. The van der Waals surface area contributed by atoms with Gasteiger partial charge >= 0.3 is 5.69 Å². The van der Waals surface area contributed by atoms with Crippen molar-refractivity contribution in [2.45, 2.75) is 13.3 Å². The number of nitro groups is 1. The normalized spacial score (nSPS) is 10.5. The highest BCUT2D eigenvalue weighted by Gasteiger charge is 2.22. The Balaban J connectivity index is 2.47. The van der Waals surface area contributed by atoms with E-state index in [0.717, 1.165) is 5.01 Å². The van der Waals surface area contributed by atoms with Gasteiger partial charge in [-0.15, -0.1) is 11.3 Å². The van der Waals surface area contributed by atoms with Gasteiger partial charge in [-0.1, -0.05) is 0 Å². The van der Waals surface area contributed by atoms with Crippen molar-refractivity contribution in [2.75, 3.05) is 0 Å². The summed E-state index contributed by atoms with van der Waals surface area (Å²) in [4.78, 5) is 22.2. The van der Waals surface area contributed by atoms with Gasteiger partial charge < -0.3 is 0 Å². The zero-order valence-electron chi connectivity index (χ0n) is 8.75. The van der Waals surface area contributed by atoms with Crippen LogP contribution >= 0.6 is 22.9 Å². The molecule has 6 nitrogen and oxygen atoms in total. The van der Waals surface area contributed by atoms with Crippen LogP contribution in [0, 0.1) is 17.0 Å². The second-order valence-corrected chi connectivity index (χ2v) is 4.55. The van der Waals surface area contributed by atoms with Crippen LogP contribution in [-0.2, 0) is 6.42 Å². The first kappa shape index (κ1) is 11.9. The number of aryl methyl sites for hydroxylation is 1. The van der Waals surface area contributed by atoms with E-state index in [9.17, 15) is 10.1 Å². The van der Waals surface area contributed by atoms with Crippen LogP contribution in [0.2, 0.25) is 5.28 Å². The molecule has 8 heteroatoms. The summed E-state index contributed by atoms with van der Waals surface area (Å²) < 4.78 is 0. The van der Waals surface area contributed by atoms with E-state index in [1.54, 1.807) is 11.6 Å². The van der Waals surface area contributed by atoms with Crippen LogP contribution in [0.5, 0.6) is 0 Å². The lowest BCUT2D eigenvalue weighted by Gasteiger charge is -2.03. The number of nitrogens with zero attached hydrogens (tertiary/aromatic N) is 4. The minimum atomic E-state index is -0.491. The standard InChI is InChI=1S/C9H7ClN4O2S/c1-5-8(14(15)16)6(13-9(10)12-5)4-7-11-2-3-17-7/h2-3H,4H2,1H3. The SMILES string of the molecule is Cc1nc(Cl)nc(Cc2nccs2)c1[N+](=O)[O-]. The molecule has 0 saturated heterocycles. The van der Waals surface area contributed by atoms with Crippen molar-refractivity contribution in [3.63, 3.8) is 0 Å². The van der Waals surface area contributed by atoms with Crippen molar-refractivity contribution in [1.29, 1.82) is 0 Å². The summed E-state index contributed by atoms with van der Waals surface area (Å²) in [6.07, 6.45) is 1.93. The molecule has 2 heterocycles. The third kappa shape index (κ3) is 2.56. The Morgan fingerprint density at radius 1 is 1.53 bits per heavy atom. The molecule has 0 bridgehead atoms. The molecule has 2 aromatic heterocycles. The fraction of sp³-hybridized carbons (Fsp3) is 0.222. The van der Waals surface area contributed by atoms with E-state index in [-0.39, 0.29) is 23.1 Å². The van der Waals surface area contributed by atoms with Crippen LogP contribution in [0.25, 0.3) is 0 Å². The third-order valence-electron chi connectivity index (χ3n) is 2.09. The van der Waals surface area contributed by atoms with Gasteiger partial charge in [-0.25, -0.2) is 15.0 Å². The van der Waals surface area contributed by atoms with Crippen LogP contribution in [0.3, 0.4) is 0 Å². The summed E-state index contributed by atoms with van der Waals surface area (Å²) in [7, 11) is 0. The van der Waals surface area contributed by atoms with Crippen LogP contribution < -0.4 is 0 Å². The first-order valence-corrected chi connectivity index (χ1v) is 5.89. The fourth-order valence-electron chi connectivity index (χ4n) is 1.43. The molecule has 0 aliphatic carbocycles. The minimum absolute atomic E-state index is 0.0136. The first-order chi connectivity index (χ1) is 8.08. The Bertz CT molecular complexity index is 558. The van der Waals surface area contributed by atoms with Gasteiger partial charge in [0, 0.05) is 18.0 Å². The van der Waals surface area contributed by atoms with Gasteiger partial charge in [0.2, 0.25) is 5.28 Å². The highest BCUT2D eigenvalue weighted by Crippen LogP contribution is 2.24. The van der Waals surface area contributed by atoms with E-state index in [1.807, 2.05) is 0 Å². The molecule has 0 unspecified atom stereocenters. The molecule has 0 fully saturated rings. The van der Waals surface area contributed by atoms with E-state index >= 15 is 0 Å². The molecular weight excluding hydrogens is 264 g/mol. The molecule has 0 aromatic carbocycles. The zero-order valence-corrected chi connectivity index (χ0v) is 10.3. The quantitative estimate of drug-likeness (QED) is 0.486. The summed E-state index contributed by atoms with van der Waals surface area (Å²) in [5.41, 5.74) is 0.466. The Morgan fingerprint density at radius 2 is 2.29 bits per heavy atom. The predicted octanol–water partition coefficient (Wildman–Crippen LogP) is 2.39. The fourth-order valence-corrected chi connectivity index (χ4v) is 2.28. The van der Waals surface area contributed by atoms with Crippen molar-refractivity contribution in [1.82, 2.24) is 15.0 Å². The molecule has 88 valence electrons. The zero-order chi connectivity index (χ0) is 12.4. The lowest BCUT2D eigenvalue weighted by Crippen LogP contribution is -2.04. The van der Waals surface area contributed by atoms with Gasteiger partial charge in [0.05, 0.1) is 9.93 Å². The smallest absolute Gasteiger partial charge is 0.258 e. The van der Waals surface area contributed by atoms with E-state index in [1.165, 1.54) is 18.3 Å². The van der Waals surface area contributed by atoms with E-state index < -0.39 is 4.92 Å². The molecule has 0 radical (unpaired) electrons. The Morgan fingerprint density at radius 3 is 2.88 bits per heavy atom. The molecule has 0 aliphatic heterocycles. The molecular formula is C9H7ClN4O2S. The maximum Gasteiger partial charge on any atom is 0.312 e. The van der Waals surface area contributed by atoms with Crippen LogP contribution in [-0.4, -0.2) is 19.9 Å². The lowest BCUT2D eigenvalue weighted by molar-refractivity contribution is -0.386. The summed E-state index contributed by atoms with van der Waals surface area (Å²) in [5, 5.41) is 13.5. The molecule has 0 atom stereocenters. The number of thiazole rings is 1. The molecule has 17 heavy (non-hydrogen) atoms. The van der Waals surface area contributed by atoms with Gasteiger partial charge in [0.15, 0.2) is 0 Å². The van der Waals surface area contributed by atoms with Crippen molar-refractivity contribution < 1.29 is 4.92 Å². The molecule has 2 aromatic rings. The lowest BCUT2D eigenvalue weighted by atomic mass is 10.2. The molecule has 0 spiro atoms. The van der Waals surface area contributed by atoms with Crippen LogP contribution in [0.4, 0.5) is 5.69 Å². The van der Waals surface area contributed by atoms with Crippen molar-refractivity contribution in [2.24, 2.45) is 0 Å². The van der Waals surface area contributed by atoms with E-state index in [4.69, 9.17) is 11.6 Å². The molecule has 0 saturated carbocycles. The van der Waals surface area contributed by atoms with Crippen molar-refractivity contribution in [3.8, 4) is 0 Å². The molecule has 0 aliphatic rings. The van der Waals surface area contributed by atoms with E-state index in [2.05, 4.69) is 15.0 Å². The number of halogens is 1. The highest BCUT2D eigenvalue weighted by molar-refractivity contribution is 7.09. The average Bonchev–Trinajstić information content (AvgIpc) is 2.68. The number of rotatable bonds is 3. The van der Waals surface area contributed by atoms with E-state index in [0.29, 0.717) is 5.69 Å². The van der Waals surface area contributed by atoms with Crippen LogP contribution in [0.15, 0.2) is 11.6 Å². The summed E-state index contributed by atoms with van der Waals surface area (Å²) in [6, 6.07) is 0. The topological polar surface area (TPSA) is 81.8 Å². The molecule has 2 rings (SSSR count). The average molecular weight is 271 g/mol. The second-order valence-electron chi connectivity index (χ2n) is 3.23. The van der Waals surface area contributed by atoms with Crippen LogP contribution in [0.1, 0.15) is 16.4 Å². The maximum absolute atomic E-state index is 10.9. The minimum Gasteiger partial charge on any atom is -0.258 e. The molecule has 0 amide bonds. The van der Waals surface area contributed by atoms with Gasteiger partial charge in [-0.3, -0.25) is 10.1 Å². The maximum atomic E-state index is 10.9. The van der Waals surface area contributed by atoms with Gasteiger partial charge in [-0.2, -0.15) is 0 Å². The Hall–Kier alpha value is -1.60. The third-order valence-corrected chi connectivity index (χ3v) is 3.04. The summed E-state index contributed by atoms with van der Waals surface area (Å²) in [5.74, 6) is 0. The Kier molecular flexibility index (Phi) is 3.30. The second kappa shape index (κ2) is 4.72. The predicted molar refractivity (Wildman–Crippen MR) is 63.4 cm³/mol. The van der Waals surface area contributed by atoms with Crippen molar-refractivity contribution >= 4 is 28.6 Å². The molecule has 0 N–H and O–H groups in total. The van der Waals surface area contributed by atoms with Crippen molar-refractivity contribution in [3.05, 3.63) is 43.4 Å². The monoisotopic (exact) mass is 270 g/mol. The number of hydrogen-bond acceptors (Lipinski definition) is 6. The summed E-state index contributed by atoms with van der Waals surface area (Å²) >= 11 is 7.12. The van der Waals surface area contributed by atoms with Gasteiger partial charge in [0.25, 0.3) is 0 Å². The summed E-state index contributed by atoms with van der Waals surface area (Å²) in [6.45, 7) is 1.54. The van der Waals surface area contributed by atoms with Gasteiger partial charge in [-0.05, 0) is 18.5 Å². The highest BCUT2D eigenvalue weighted by atomic mass is 35.5. The largest absolute Gasteiger partial charge is 0.312 e.